The zero-order chi connectivity index (χ0) is 53.0. The maximum absolute atomic E-state index is 14.2. The number of phenolic OH excluding ortho intramolecular Hbond substituents is 1. The number of phenols is 1. The molecule has 2 aliphatic heterocycles. The number of benzene rings is 5. The normalized spacial score (nSPS) is 20.1. The van der Waals surface area contributed by atoms with Gasteiger partial charge in [-0.05, 0) is 162 Å². The maximum Gasteiger partial charge on any atom is 0.192 e. The van der Waals surface area contributed by atoms with E-state index in [1.54, 1.807) is 38.4 Å². The number of aryl methyl sites for hydroxylation is 2. The van der Waals surface area contributed by atoms with Crippen LogP contribution in [-0.4, -0.2) is 77.4 Å². The number of nitrogens with one attached hydrogen (secondary N) is 1. The molecule has 0 spiro atoms. The summed E-state index contributed by atoms with van der Waals surface area (Å²) in [5, 5.41) is 60.8. The Morgan fingerprint density at radius 3 is 2.53 bits per heavy atom. The second-order valence-corrected chi connectivity index (χ2v) is 20.0. The Kier molecular flexibility index (Phi) is 18.4. The minimum atomic E-state index is -1.89. The van der Waals surface area contributed by atoms with Crippen LogP contribution in [0.1, 0.15) is 114 Å². The molecule has 0 radical (unpaired) electrons. The van der Waals surface area contributed by atoms with Crippen LogP contribution in [0.2, 0.25) is 0 Å². The van der Waals surface area contributed by atoms with E-state index in [2.05, 4.69) is 41.4 Å². The SMILES string of the molecule is CCOCCc1cccc(C[C@H]2C#CO[C@@H](C[C@@H]3C=C(O)C=C[C@H]3C[C@H](CO)CCc3cccc(NC(N)=NC)c3)CC(=O)CCc3ccc(OC)c(c3)OCc3c(C(O)O)cc4c2c(O)cc2c4c3C=C[C@H]2C)c1. The summed E-state index contributed by atoms with van der Waals surface area (Å²) >= 11 is 0. The van der Waals surface area contributed by atoms with Crippen molar-refractivity contribution in [2.45, 2.75) is 102 Å². The monoisotopic (exact) mass is 1020 g/mol. The third-order valence-electron chi connectivity index (χ3n) is 14.8. The van der Waals surface area contributed by atoms with Crippen LogP contribution in [0.25, 0.3) is 16.8 Å². The van der Waals surface area contributed by atoms with Gasteiger partial charge in [0.2, 0.25) is 0 Å². The number of hydrogen-bond acceptors (Lipinski definition) is 11. The zero-order valence-electron chi connectivity index (χ0n) is 43.4. The smallest absolute Gasteiger partial charge is 0.192 e. The first-order chi connectivity index (χ1) is 36.3. The number of ether oxygens (including phenoxy) is 4. The number of nitrogens with two attached hydrogens (primary N) is 1. The molecule has 75 heavy (non-hydrogen) atoms. The van der Waals surface area contributed by atoms with Gasteiger partial charge in [0.15, 0.2) is 23.7 Å². The van der Waals surface area contributed by atoms with Crippen molar-refractivity contribution < 1.29 is 49.3 Å². The van der Waals surface area contributed by atoms with E-state index in [1.165, 1.54) is 0 Å². The number of ketones is 1. The number of aromatic hydroxyl groups is 1. The van der Waals surface area contributed by atoms with Crippen LogP contribution in [-0.2, 0) is 46.6 Å². The van der Waals surface area contributed by atoms with Crippen molar-refractivity contribution in [3.8, 4) is 29.3 Å². The van der Waals surface area contributed by atoms with Gasteiger partial charge < -0.3 is 55.5 Å². The van der Waals surface area contributed by atoms with E-state index in [0.29, 0.717) is 85.7 Å². The average Bonchev–Trinajstić information content (AvgIpc) is 3.41. The first-order valence-corrected chi connectivity index (χ1v) is 26.1. The first kappa shape index (κ1) is 54.2. The highest BCUT2D eigenvalue weighted by atomic mass is 16.5. The highest BCUT2D eigenvalue weighted by Gasteiger charge is 2.31. The molecule has 0 unspecified atom stereocenters. The molecule has 6 atom stereocenters. The summed E-state index contributed by atoms with van der Waals surface area (Å²) < 4.78 is 24.5. The number of fused-ring (bicyclic) bond motifs is 9. The predicted octanol–water partition coefficient (Wildman–Crippen LogP) is 10.0. The van der Waals surface area contributed by atoms with Gasteiger partial charge in [-0.1, -0.05) is 73.5 Å². The fraction of sp³-hybridized carbons (Fsp3) is 0.387. The van der Waals surface area contributed by atoms with Crippen LogP contribution in [0.5, 0.6) is 17.2 Å². The Morgan fingerprint density at radius 2 is 1.76 bits per heavy atom. The number of guanidine groups is 1. The summed E-state index contributed by atoms with van der Waals surface area (Å²) in [6, 6.07) is 25.3. The highest BCUT2D eigenvalue weighted by molar-refractivity contribution is 6.01. The van der Waals surface area contributed by atoms with Crippen LogP contribution < -0.4 is 20.5 Å². The van der Waals surface area contributed by atoms with Crippen LogP contribution in [0, 0.1) is 29.8 Å². The molecule has 8 N–H and O–H groups in total. The van der Waals surface area contributed by atoms with E-state index in [1.807, 2.05) is 79.8 Å². The summed E-state index contributed by atoms with van der Waals surface area (Å²) in [5.74, 6) is 3.54. The molecule has 9 rings (SSSR count). The van der Waals surface area contributed by atoms with Crippen molar-refractivity contribution in [2.75, 3.05) is 39.3 Å². The number of hydrogen-bond donors (Lipinski definition) is 7. The van der Waals surface area contributed by atoms with Gasteiger partial charge in [-0.25, -0.2) is 0 Å². The second kappa shape index (κ2) is 25.4. The Labute approximate surface area is 440 Å². The van der Waals surface area contributed by atoms with Gasteiger partial charge in [-0.3, -0.25) is 9.79 Å². The van der Waals surface area contributed by atoms with Gasteiger partial charge in [0.1, 0.15) is 36.1 Å². The number of aliphatic hydroxyl groups is 4. The van der Waals surface area contributed by atoms with Gasteiger partial charge in [-0.15, -0.1) is 0 Å². The summed E-state index contributed by atoms with van der Waals surface area (Å²) in [6.45, 7) is 5.14. The maximum atomic E-state index is 14.2. The molecule has 5 aromatic rings. The third kappa shape index (κ3) is 13.6. The standard InChI is InChI=1S/C62H71N3O10/c1-5-73-24-22-40-8-6-10-42(26-40)27-45-23-25-74-50(32-46-31-48(67)19-17-44(46)28-43(36-66)14-13-39-9-7-11-47(29-39)65-62(63)64-3)33-49(68)18-15-41-16-21-57(72-4)58(30-41)75-37-55-51-20-12-38(2)52-35-56(69)59(45)54(60(51)52)34-53(55)61(70)71/h6-12,16-17,19-21,26,29-31,34-35,38,43-46,50,61,66-67,69-71H,5,13-15,18,22,24,27-28,32-33,36-37H2,1-4H3,(H3,63,64,65)/t38-,43-,44+,45-,46+,50+/m1/s1. The number of rotatable bonds is 17. The molecule has 2 aliphatic carbocycles. The largest absolute Gasteiger partial charge is 0.508 e. The van der Waals surface area contributed by atoms with Gasteiger partial charge in [0.25, 0.3) is 0 Å². The van der Waals surface area contributed by atoms with Crippen molar-refractivity contribution in [1.82, 2.24) is 0 Å². The van der Waals surface area contributed by atoms with Crippen molar-refractivity contribution >= 4 is 34.3 Å². The molecule has 0 amide bonds. The molecule has 13 nitrogen and oxygen atoms in total. The third-order valence-corrected chi connectivity index (χ3v) is 14.8. The lowest BCUT2D eigenvalue weighted by atomic mass is 9.77. The minimum Gasteiger partial charge on any atom is -0.508 e. The first-order valence-electron chi connectivity index (χ1n) is 26.1. The minimum absolute atomic E-state index is 0.00912. The van der Waals surface area contributed by atoms with Crippen LogP contribution in [0.3, 0.4) is 0 Å². The molecule has 0 fully saturated rings. The van der Waals surface area contributed by atoms with Crippen LogP contribution in [0.4, 0.5) is 5.69 Å². The van der Waals surface area contributed by atoms with Crippen molar-refractivity contribution in [3.05, 3.63) is 159 Å². The Balaban J connectivity index is 1.18. The van der Waals surface area contributed by atoms with Gasteiger partial charge in [0.05, 0.1) is 19.6 Å². The molecular formula is C62H71N3O10. The Hall–Kier alpha value is -7.08. The average molecular weight is 1020 g/mol. The molecule has 2 heterocycles. The highest BCUT2D eigenvalue weighted by Crippen LogP contribution is 2.47. The van der Waals surface area contributed by atoms with E-state index >= 15 is 0 Å². The number of allylic oxidation sites excluding steroid dienone is 4. The quantitative estimate of drug-likeness (QED) is 0.0153. The molecule has 394 valence electrons. The number of anilines is 1. The molecule has 4 aliphatic rings. The fourth-order valence-corrected chi connectivity index (χ4v) is 10.8. The van der Waals surface area contributed by atoms with Crippen LogP contribution in [0.15, 0.2) is 114 Å². The van der Waals surface area contributed by atoms with E-state index < -0.39 is 18.3 Å². The molecule has 0 saturated heterocycles. The second-order valence-electron chi connectivity index (χ2n) is 20.0. The zero-order valence-corrected chi connectivity index (χ0v) is 43.4. The van der Waals surface area contributed by atoms with Gasteiger partial charge >= 0.3 is 0 Å². The van der Waals surface area contributed by atoms with Crippen molar-refractivity contribution in [3.63, 3.8) is 0 Å². The van der Waals surface area contributed by atoms with E-state index in [-0.39, 0.29) is 72.6 Å². The fourth-order valence-electron chi connectivity index (χ4n) is 10.8. The summed E-state index contributed by atoms with van der Waals surface area (Å²) in [7, 11) is 3.18. The lowest BCUT2D eigenvalue weighted by molar-refractivity contribution is -0.121. The molecular weight excluding hydrogens is 947 g/mol. The van der Waals surface area contributed by atoms with E-state index in [9.17, 15) is 30.3 Å². The lowest BCUT2D eigenvalue weighted by Gasteiger charge is -2.30. The Morgan fingerprint density at radius 1 is 0.960 bits per heavy atom. The Bertz CT molecular complexity index is 3020. The number of aliphatic hydroxyl groups excluding tert-OH is 3. The summed E-state index contributed by atoms with van der Waals surface area (Å²) in [6.07, 6.45) is 14.1. The van der Waals surface area contributed by atoms with Crippen LogP contribution >= 0.6 is 0 Å². The van der Waals surface area contributed by atoms with Gasteiger partial charge in [0, 0.05) is 61.4 Å². The molecule has 0 aromatic heterocycles. The van der Waals surface area contributed by atoms with Gasteiger partial charge in [-0.2, -0.15) is 0 Å². The predicted molar refractivity (Wildman–Crippen MR) is 294 cm³/mol. The molecule has 13 heteroatoms. The number of methoxy groups -OCH3 is 1. The molecule has 0 saturated carbocycles. The van der Waals surface area contributed by atoms with E-state index in [4.69, 9.17) is 24.7 Å². The number of aliphatic imine (C=N–C) groups is 1. The van der Waals surface area contributed by atoms with Crippen molar-refractivity contribution in [1.29, 1.82) is 0 Å². The van der Waals surface area contributed by atoms with Crippen molar-refractivity contribution in [2.24, 2.45) is 28.5 Å². The molecule has 5 aromatic carbocycles. The van der Waals surface area contributed by atoms with E-state index in [0.717, 1.165) is 50.9 Å². The topological polar surface area (TPSA) is 206 Å². The summed E-state index contributed by atoms with van der Waals surface area (Å²) in [5.41, 5.74) is 13.7. The number of nitrogens with zero attached hydrogens (tertiary/aromatic N) is 1. The summed E-state index contributed by atoms with van der Waals surface area (Å²) in [4.78, 5) is 18.2. The molecule has 6 bridgehead atoms. The lowest BCUT2D eigenvalue weighted by Crippen LogP contribution is -2.26. The number of carbonyl (C=O) groups excluding carboxylic acids is 1. The number of Topliss-reactive ketones (excluding diaryl/α,β-unsaturated/α-hetero) is 1. The number of carbonyl (C=O) groups is 1.